The molecule has 0 fully saturated rings. The van der Waals surface area contributed by atoms with E-state index in [2.05, 4.69) is 130 Å². The number of aromatic nitrogens is 2. The predicted molar refractivity (Wildman–Crippen MR) is 177 cm³/mol. The molecule has 0 saturated carbocycles. The second kappa shape index (κ2) is 10.7. The van der Waals surface area contributed by atoms with E-state index in [-0.39, 0.29) is 26.2 Å². The molecule has 0 aliphatic heterocycles. The average molecular weight is 632 g/mol. The van der Waals surface area contributed by atoms with Gasteiger partial charge in [-0.1, -0.05) is 48.5 Å². The van der Waals surface area contributed by atoms with Crippen LogP contribution in [0.3, 0.4) is 0 Å². The molecule has 206 valence electrons. The standard InChI is InChI=1S/2C20H16N.Zr/c2*1-2-7-15-13-16(12-14(15)6-1)21-19-10-4-3-8-17(19)18-9-5-11-20(18)21;/h2*1-4,6-8,10,12-13H,5,9,11H2;/q2*-1;+2. The number of rotatable bonds is 2. The van der Waals surface area contributed by atoms with Crippen molar-refractivity contribution in [1.82, 2.24) is 9.13 Å². The minimum atomic E-state index is 0. The maximum atomic E-state index is 2.48. The Morgan fingerprint density at radius 1 is 0.465 bits per heavy atom. The number of fused-ring (bicyclic) bond motifs is 8. The smallest absolute Gasteiger partial charge is 0.332 e. The van der Waals surface area contributed by atoms with Crippen LogP contribution in [0.2, 0.25) is 0 Å². The first kappa shape index (κ1) is 26.7. The van der Waals surface area contributed by atoms with E-state index in [0.717, 1.165) is 0 Å². The summed E-state index contributed by atoms with van der Waals surface area (Å²) < 4.78 is 4.97. The Morgan fingerprint density at radius 2 is 0.884 bits per heavy atom. The molecule has 2 aromatic heterocycles. The van der Waals surface area contributed by atoms with Gasteiger partial charge in [0.2, 0.25) is 0 Å². The Labute approximate surface area is 271 Å². The van der Waals surface area contributed by atoms with Gasteiger partial charge in [0.25, 0.3) is 0 Å². The maximum absolute atomic E-state index is 2.48. The van der Waals surface area contributed by atoms with Crippen molar-refractivity contribution >= 4 is 43.4 Å². The summed E-state index contributed by atoms with van der Waals surface area (Å²) in [6.45, 7) is 0. The van der Waals surface area contributed by atoms with Gasteiger partial charge in [0.15, 0.2) is 0 Å². The van der Waals surface area contributed by atoms with Crippen molar-refractivity contribution < 1.29 is 26.2 Å². The molecule has 0 saturated heterocycles. The first-order chi connectivity index (χ1) is 20.8. The normalized spacial score (nSPS) is 13.8. The van der Waals surface area contributed by atoms with E-state index in [1.54, 1.807) is 11.1 Å². The molecule has 8 aromatic rings. The Hall–Kier alpha value is -3.94. The summed E-state index contributed by atoms with van der Waals surface area (Å²) in [7, 11) is 0. The van der Waals surface area contributed by atoms with Gasteiger partial charge in [-0.15, -0.1) is 82.2 Å². The summed E-state index contributed by atoms with van der Waals surface area (Å²) in [4.78, 5) is 0. The molecule has 2 aliphatic rings. The van der Waals surface area contributed by atoms with Crippen molar-refractivity contribution in [1.29, 1.82) is 0 Å². The van der Waals surface area contributed by atoms with Crippen LogP contribution in [0.25, 0.3) is 54.7 Å². The molecule has 43 heavy (non-hydrogen) atoms. The van der Waals surface area contributed by atoms with E-state index in [0.29, 0.717) is 0 Å². The molecular formula is C40H32N2Zr. The van der Waals surface area contributed by atoms with E-state index in [1.165, 1.54) is 105 Å². The average Bonchev–Trinajstić information content (AvgIpc) is 3.86. The van der Waals surface area contributed by atoms with Crippen LogP contribution in [0.15, 0.2) is 121 Å². The minimum absolute atomic E-state index is 0. The largest absolute Gasteiger partial charge is 2.00 e. The van der Waals surface area contributed by atoms with Gasteiger partial charge < -0.3 is 9.13 Å². The fraction of sp³-hybridized carbons (Fsp3) is 0.150. The SMILES string of the molecule is [Zr+2].c1ccc2[cH-]c(-n3c4c(c5ccccc53)CCC4)cc2c1.c1ccc2[cH-]c(-n3c4c(c5ccccc53)CCC4)cc2c1. The molecule has 10 rings (SSSR count). The van der Waals surface area contributed by atoms with E-state index >= 15 is 0 Å². The molecule has 6 aromatic carbocycles. The van der Waals surface area contributed by atoms with Crippen LogP contribution in [0, 0.1) is 0 Å². The number of hydrogen-bond acceptors (Lipinski definition) is 0. The Balaban J connectivity index is 0.000000126. The van der Waals surface area contributed by atoms with E-state index in [1.807, 2.05) is 0 Å². The molecule has 0 unspecified atom stereocenters. The third kappa shape index (κ3) is 4.24. The van der Waals surface area contributed by atoms with Crippen LogP contribution in [0.1, 0.15) is 35.4 Å². The number of para-hydroxylation sites is 2. The van der Waals surface area contributed by atoms with Crippen molar-refractivity contribution in [2.45, 2.75) is 38.5 Å². The Bertz CT molecular complexity index is 2040. The number of hydrogen-bond donors (Lipinski definition) is 0. The summed E-state index contributed by atoms with van der Waals surface area (Å²) >= 11 is 0. The third-order valence-corrected chi connectivity index (χ3v) is 9.58. The van der Waals surface area contributed by atoms with Gasteiger partial charge in [-0.2, -0.15) is 0 Å². The van der Waals surface area contributed by atoms with Crippen molar-refractivity contribution in [3.8, 4) is 11.4 Å². The molecule has 2 aliphatic carbocycles. The van der Waals surface area contributed by atoms with Gasteiger partial charge in [-0.25, -0.2) is 0 Å². The van der Waals surface area contributed by atoms with Crippen LogP contribution in [0.5, 0.6) is 0 Å². The molecule has 0 atom stereocenters. The zero-order chi connectivity index (χ0) is 27.6. The molecule has 2 nitrogen and oxygen atoms in total. The van der Waals surface area contributed by atoms with Crippen LogP contribution >= 0.6 is 0 Å². The van der Waals surface area contributed by atoms with Crippen molar-refractivity contribution in [2.75, 3.05) is 0 Å². The molecule has 2 heterocycles. The summed E-state index contributed by atoms with van der Waals surface area (Å²) in [5, 5.41) is 8.20. The van der Waals surface area contributed by atoms with E-state index in [4.69, 9.17) is 0 Å². The summed E-state index contributed by atoms with van der Waals surface area (Å²) in [5.74, 6) is 0. The van der Waals surface area contributed by atoms with E-state index < -0.39 is 0 Å². The van der Waals surface area contributed by atoms with Gasteiger partial charge in [0.05, 0.1) is 11.0 Å². The monoisotopic (exact) mass is 630 g/mol. The molecule has 0 N–H and O–H groups in total. The molecule has 0 amide bonds. The molecular weight excluding hydrogens is 600 g/mol. The van der Waals surface area contributed by atoms with Crippen LogP contribution < -0.4 is 0 Å². The first-order valence-corrected chi connectivity index (χ1v) is 15.4. The van der Waals surface area contributed by atoms with Gasteiger partial charge >= 0.3 is 26.2 Å². The maximum Gasteiger partial charge on any atom is 2.00 e. The second-order valence-corrected chi connectivity index (χ2v) is 11.9. The summed E-state index contributed by atoms with van der Waals surface area (Å²) in [6, 6.07) is 44.2. The van der Waals surface area contributed by atoms with Crippen molar-refractivity contribution in [3.63, 3.8) is 0 Å². The van der Waals surface area contributed by atoms with Crippen molar-refractivity contribution in [3.05, 3.63) is 144 Å². The van der Waals surface area contributed by atoms with Gasteiger partial charge in [-0.3, -0.25) is 0 Å². The van der Waals surface area contributed by atoms with E-state index in [9.17, 15) is 0 Å². The summed E-state index contributed by atoms with van der Waals surface area (Å²) in [5.41, 5.74) is 11.5. The quantitative estimate of drug-likeness (QED) is 0.168. The number of aryl methyl sites for hydroxylation is 2. The molecule has 0 bridgehead atoms. The number of benzene rings is 4. The summed E-state index contributed by atoms with van der Waals surface area (Å²) in [6.07, 6.45) is 7.43. The minimum Gasteiger partial charge on any atom is -0.332 e. The van der Waals surface area contributed by atoms with Crippen LogP contribution in [-0.4, -0.2) is 9.13 Å². The topological polar surface area (TPSA) is 9.86 Å². The molecule has 0 spiro atoms. The fourth-order valence-corrected chi connectivity index (χ4v) is 7.78. The fourth-order valence-electron chi connectivity index (χ4n) is 7.78. The van der Waals surface area contributed by atoms with Crippen LogP contribution in [-0.2, 0) is 51.9 Å². The Kier molecular flexibility index (Phi) is 6.61. The van der Waals surface area contributed by atoms with Gasteiger partial charge in [0, 0.05) is 22.2 Å². The first-order valence-electron chi connectivity index (χ1n) is 15.4. The van der Waals surface area contributed by atoms with Crippen molar-refractivity contribution in [2.24, 2.45) is 0 Å². The zero-order valence-corrected chi connectivity index (χ0v) is 26.6. The molecule has 0 radical (unpaired) electrons. The third-order valence-electron chi connectivity index (χ3n) is 9.58. The zero-order valence-electron chi connectivity index (χ0n) is 24.2. The van der Waals surface area contributed by atoms with Crippen LogP contribution in [0.4, 0.5) is 0 Å². The molecule has 3 heteroatoms. The van der Waals surface area contributed by atoms with Gasteiger partial charge in [0.1, 0.15) is 0 Å². The van der Waals surface area contributed by atoms with Gasteiger partial charge in [-0.05, 0) is 73.2 Å². The second-order valence-electron chi connectivity index (χ2n) is 11.9. The Morgan fingerprint density at radius 3 is 1.35 bits per heavy atom. The predicted octanol–water partition coefficient (Wildman–Crippen LogP) is 9.98. The number of nitrogens with zero attached hydrogens (tertiary/aromatic N) is 2.